The number of nitrogens with zero attached hydrogens (tertiary/aromatic N) is 4. The smallest absolute Gasteiger partial charge is 0.254 e. The second-order valence-corrected chi connectivity index (χ2v) is 7.00. The maximum atomic E-state index is 13.3. The number of pyridine rings is 1. The summed E-state index contributed by atoms with van der Waals surface area (Å²) in [6, 6.07) is 15.5. The zero-order chi connectivity index (χ0) is 19.8. The van der Waals surface area contributed by atoms with Gasteiger partial charge in [0.2, 0.25) is 0 Å². The van der Waals surface area contributed by atoms with Gasteiger partial charge in [-0.3, -0.25) is 9.48 Å². The molecule has 0 N–H and O–H groups in total. The molecule has 0 unspecified atom stereocenters. The highest BCUT2D eigenvalue weighted by molar-refractivity contribution is 6.07. The molecule has 3 aromatic heterocycles. The van der Waals surface area contributed by atoms with Gasteiger partial charge in [0.05, 0.1) is 28.9 Å². The lowest BCUT2D eigenvalue weighted by molar-refractivity contribution is 0.0777. The predicted molar refractivity (Wildman–Crippen MR) is 108 cm³/mol. The number of carbonyl (C=O) groups excluding carboxylic acids is 1. The predicted octanol–water partition coefficient (Wildman–Crippen LogP) is 4.12. The zero-order valence-corrected chi connectivity index (χ0v) is 16.4. The van der Waals surface area contributed by atoms with Gasteiger partial charge in [-0.05, 0) is 32.0 Å². The van der Waals surface area contributed by atoms with E-state index in [4.69, 9.17) is 9.40 Å². The summed E-state index contributed by atoms with van der Waals surface area (Å²) in [5.41, 5.74) is 3.79. The molecular formula is C22H22N4O2. The molecule has 6 nitrogen and oxygen atoms in total. The lowest BCUT2D eigenvalue weighted by atomic mass is 10.0. The summed E-state index contributed by atoms with van der Waals surface area (Å²) in [6.45, 7) is 4.19. The van der Waals surface area contributed by atoms with E-state index < -0.39 is 0 Å². The number of hydrogen-bond acceptors (Lipinski definition) is 4. The van der Waals surface area contributed by atoms with Crippen molar-refractivity contribution in [2.45, 2.75) is 20.4 Å². The summed E-state index contributed by atoms with van der Waals surface area (Å²) in [4.78, 5) is 19.8. The summed E-state index contributed by atoms with van der Waals surface area (Å²) in [5, 5.41) is 5.27. The fourth-order valence-corrected chi connectivity index (χ4v) is 3.45. The minimum absolute atomic E-state index is 0.0882. The van der Waals surface area contributed by atoms with Crippen LogP contribution in [-0.4, -0.2) is 32.6 Å². The average molecular weight is 374 g/mol. The first kappa shape index (κ1) is 18.0. The topological polar surface area (TPSA) is 64.2 Å². The number of carbonyl (C=O) groups is 1. The molecule has 0 radical (unpaired) electrons. The summed E-state index contributed by atoms with van der Waals surface area (Å²) in [6.07, 6.45) is 0. The Labute approximate surface area is 163 Å². The van der Waals surface area contributed by atoms with E-state index in [-0.39, 0.29) is 5.91 Å². The molecule has 0 spiro atoms. The van der Waals surface area contributed by atoms with Gasteiger partial charge in [-0.1, -0.05) is 30.3 Å². The van der Waals surface area contributed by atoms with Crippen LogP contribution in [0.5, 0.6) is 0 Å². The zero-order valence-electron chi connectivity index (χ0n) is 16.4. The van der Waals surface area contributed by atoms with Crippen molar-refractivity contribution < 1.29 is 9.21 Å². The van der Waals surface area contributed by atoms with Gasteiger partial charge in [-0.25, -0.2) is 4.98 Å². The van der Waals surface area contributed by atoms with Gasteiger partial charge in [0.15, 0.2) is 5.65 Å². The van der Waals surface area contributed by atoms with Crippen molar-refractivity contribution in [3.63, 3.8) is 0 Å². The largest absolute Gasteiger partial charge is 0.464 e. The number of fused-ring (bicyclic) bond motifs is 1. The second kappa shape index (κ2) is 6.96. The Morgan fingerprint density at radius 3 is 2.57 bits per heavy atom. The molecule has 6 heteroatoms. The molecule has 142 valence electrons. The van der Waals surface area contributed by atoms with Crippen molar-refractivity contribution in [3.8, 4) is 11.3 Å². The third kappa shape index (κ3) is 3.17. The SMILES string of the molecule is Cc1ccc(CN(C)C(=O)c2cc(-c3ccccc3)nc3c2c(C)nn3C)o1. The fourth-order valence-electron chi connectivity index (χ4n) is 3.45. The summed E-state index contributed by atoms with van der Waals surface area (Å²) in [7, 11) is 3.63. The van der Waals surface area contributed by atoms with Crippen LogP contribution >= 0.6 is 0 Å². The first-order chi connectivity index (χ1) is 13.4. The maximum absolute atomic E-state index is 13.3. The number of benzene rings is 1. The van der Waals surface area contributed by atoms with Crippen LogP contribution in [0.25, 0.3) is 22.3 Å². The first-order valence-electron chi connectivity index (χ1n) is 9.14. The van der Waals surface area contributed by atoms with Crippen molar-refractivity contribution in [3.05, 3.63) is 71.3 Å². The van der Waals surface area contributed by atoms with Crippen molar-refractivity contribution in [1.82, 2.24) is 19.7 Å². The van der Waals surface area contributed by atoms with Crippen molar-refractivity contribution in [2.24, 2.45) is 7.05 Å². The van der Waals surface area contributed by atoms with Gasteiger partial charge in [-0.2, -0.15) is 5.10 Å². The number of amides is 1. The number of aromatic nitrogens is 3. The summed E-state index contributed by atoms with van der Waals surface area (Å²) < 4.78 is 7.35. The number of hydrogen-bond donors (Lipinski definition) is 0. The van der Waals surface area contributed by atoms with Gasteiger partial charge in [0.25, 0.3) is 5.91 Å². The quantitative estimate of drug-likeness (QED) is 0.539. The third-order valence-corrected chi connectivity index (χ3v) is 4.80. The van der Waals surface area contributed by atoms with E-state index in [1.54, 1.807) is 16.6 Å². The lowest BCUT2D eigenvalue weighted by Crippen LogP contribution is -2.26. The van der Waals surface area contributed by atoms with Gasteiger partial charge in [0.1, 0.15) is 11.5 Å². The van der Waals surface area contributed by atoms with E-state index in [9.17, 15) is 4.79 Å². The molecule has 0 saturated carbocycles. The van der Waals surface area contributed by atoms with E-state index in [1.807, 2.05) is 69.4 Å². The maximum Gasteiger partial charge on any atom is 0.254 e. The van der Waals surface area contributed by atoms with Gasteiger partial charge in [-0.15, -0.1) is 0 Å². The highest BCUT2D eigenvalue weighted by atomic mass is 16.3. The van der Waals surface area contributed by atoms with Gasteiger partial charge >= 0.3 is 0 Å². The Kier molecular flexibility index (Phi) is 4.47. The Hall–Kier alpha value is -3.41. The Balaban J connectivity index is 1.81. The normalized spacial score (nSPS) is 11.1. The molecular weight excluding hydrogens is 352 g/mol. The highest BCUT2D eigenvalue weighted by Gasteiger charge is 2.22. The van der Waals surface area contributed by atoms with E-state index in [0.29, 0.717) is 17.8 Å². The van der Waals surface area contributed by atoms with Crippen molar-refractivity contribution >= 4 is 16.9 Å². The van der Waals surface area contributed by atoms with Crippen LogP contribution in [0.2, 0.25) is 0 Å². The number of aryl methyl sites for hydroxylation is 3. The Bertz CT molecular complexity index is 1160. The third-order valence-electron chi connectivity index (χ3n) is 4.80. The van der Waals surface area contributed by atoms with Crippen LogP contribution in [0.1, 0.15) is 27.6 Å². The summed E-state index contributed by atoms with van der Waals surface area (Å²) in [5.74, 6) is 1.50. The van der Waals surface area contributed by atoms with Crippen LogP contribution in [0.15, 0.2) is 52.9 Å². The molecule has 4 rings (SSSR count). The molecule has 0 aliphatic rings. The highest BCUT2D eigenvalue weighted by Crippen LogP contribution is 2.28. The van der Waals surface area contributed by atoms with Crippen molar-refractivity contribution in [1.29, 1.82) is 0 Å². The molecule has 0 bridgehead atoms. The van der Waals surface area contributed by atoms with Crippen LogP contribution in [0, 0.1) is 13.8 Å². The molecule has 0 aliphatic carbocycles. The van der Waals surface area contributed by atoms with E-state index in [1.165, 1.54) is 0 Å². The number of furan rings is 1. The Morgan fingerprint density at radius 2 is 1.89 bits per heavy atom. The fraction of sp³-hybridized carbons (Fsp3) is 0.227. The minimum Gasteiger partial charge on any atom is -0.464 e. The average Bonchev–Trinajstić information content (AvgIpc) is 3.23. The molecule has 1 amide bonds. The van der Waals surface area contributed by atoms with E-state index >= 15 is 0 Å². The molecule has 1 aromatic carbocycles. The van der Waals surface area contributed by atoms with E-state index in [0.717, 1.165) is 33.9 Å². The molecule has 28 heavy (non-hydrogen) atoms. The van der Waals surface area contributed by atoms with Crippen LogP contribution in [0.4, 0.5) is 0 Å². The monoisotopic (exact) mass is 374 g/mol. The lowest BCUT2D eigenvalue weighted by Gasteiger charge is -2.17. The second-order valence-electron chi connectivity index (χ2n) is 7.00. The van der Waals surface area contributed by atoms with Crippen LogP contribution in [0.3, 0.4) is 0 Å². The van der Waals surface area contributed by atoms with Crippen LogP contribution < -0.4 is 0 Å². The number of rotatable bonds is 4. The molecule has 0 aliphatic heterocycles. The van der Waals surface area contributed by atoms with Crippen LogP contribution in [-0.2, 0) is 13.6 Å². The molecule has 0 fully saturated rings. The molecule has 4 aromatic rings. The van der Waals surface area contributed by atoms with Gasteiger partial charge < -0.3 is 9.32 Å². The summed E-state index contributed by atoms with van der Waals surface area (Å²) >= 11 is 0. The first-order valence-corrected chi connectivity index (χ1v) is 9.14. The van der Waals surface area contributed by atoms with Crippen molar-refractivity contribution in [2.75, 3.05) is 7.05 Å². The molecule has 0 atom stereocenters. The molecule has 3 heterocycles. The Morgan fingerprint density at radius 1 is 1.14 bits per heavy atom. The minimum atomic E-state index is -0.0882. The molecule has 0 saturated heterocycles. The van der Waals surface area contributed by atoms with Gasteiger partial charge in [0, 0.05) is 19.7 Å². The standard InChI is InChI=1S/C22H22N4O2/c1-14-10-11-17(28-14)13-25(3)22(27)18-12-19(16-8-6-5-7-9-16)23-21-20(18)15(2)24-26(21)4/h5-12H,13H2,1-4H3. The van der Waals surface area contributed by atoms with E-state index in [2.05, 4.69) is 5.10 Å².